The smallest absolute Gasteiger partial charge is 0.313 e. The molecule has 0 aliphatic carbocycles. The van der Waals surface area contributed by atoms with E-state index in [0.717, 1.165) is 11.1 Å². The number of nitrogens with one attached hydrogen (secondary N) is 1. The number of aryl methyl sites for hydroxylation is 1. The number of aliphatic hydroxyl groups excluding tert-OH is 1. The molecule has 0 spiro atoms. The van der Waals surface area contributed by atoms with E-state index in [1.54, 1.807) is 6.07 Å². The summed E-state index contributed by atoms with van der Waals surface area (Å²) in [7, 11) is 0. The Kier molecular flexibility index (Phi) is 6.52. The summed E-state index contributed by atoms with van der Waals surface area (Å²) < 4.78 is 0.709. The van der Waals surface area contributed by atoms with E-state index in [2.05, 4.69) is 21.2 Å². The number of carbonyl (C=O) groups is 2. The lowest BCUT2D eigenvalue weighted by Gasteiger charge is -2.21. The van der Waals surface area contributed by atoms with E-state index in [9.17, 15) is 14.7 Å². The number of amides is 2. The Bertz CT molecular complexity index is 719. The molecule has 0 fully saturated rings. The highest BCUT2D eigenvalue weighted by Gasteiger charge is 2.22. The van der Waals surface area contributed by atoms with Gasteiger partial charge in [-0.25, -0.2) is 0 Å². The summed E-state index contributed by atoms with van der Waals surface area (Å²) in [6, 6.07) is 14.8. The summed E-state index contributed by atoms with van der Waals surface area (Å²) >= 11 is 3.37. The quantitative estimate of drug-likeness (QED) is 0.771. The zero-order valence-corrected chi connectivity index (χ0v) is 14.9. The van der Waals surface area contributed by atoms with Crippen molar-refractivity contribution in [3.05, 3.63) is 64.1 Å². The first-order chi connectivity index (χ1) is 11.5. The molecule has 0 radical (unpaired) electrons. The lowest BCUT2D eigenvalue weighted by Crippen LogP contribution is -2.40. The van der Waals surface area contributed by atoms with Crippen molar-refractivity contribution < 1.29 is 14.7 Å². The predicted molar refractivity (Wildman–Crippen MR) is 96.5 cm³/mol. The molecule has 0 aliphatic heterocycles. The maximum absolute atomic E-state index is 12.4. The largest absolute Gasteiger partial charge is 0.395 e. The predicted octanol–water partition coefficient (Wildman–Crippen LogP) is 2.72. The second kappa shape index (κ2) is 8.61. The van der Waals surface area contributed by atoms with Crippen LogP contribution in [0.3, 0.4) is 0 Å². The van der Waals surface area contributed by atoms with Crippen LogP contribution in [0, 0.1) is 6.92 Å². The van der Waals surface area contributed by atoms with Gasteiger partial charge in [0, 0.05) is 17.6 Å². The molecule has 2 amide bonds. The van der Waals surface area contributed by atoms with Gasteiger partial charge in [0.05, 0.1) is 12.3 Å². The molecule has 5 nitrogen and oxygen atoms in total. The highest BCUT2D eigenvalue weighted by molar-refractivity contribution is 9.10. The number of nitrogens with zero attached hydrogens (tertiary/aromatic N) is 1. The average molecular weight is 391 g/mol. The van der Waals surface area contributed by atoms with Crippen LogP contribution in [0.5, 0.6) is 0 Å². The third kappa shape index (κ3) is 4.91. The van der Waals surface area contributed by atoms with E-state index >= 15 is 0 Å². The molecule has 126 valence electrons. The van der Waals surface area contributed by atoms with Gasteiger partial charge in [-0.05, 0) is 46.1 Å². The Morgan fingerprint density at radius 1 is 1.17 bits per heavy atom. The fraction of sp³-hybridized carbons (Fsp3) is 0.222. The van der Waals surface area contributed by atoms with Crippen molar-refractivity contribution in [2.75, 3.05) is 18.5 Å². The Labute approximate surface area is 149 Å². The first kappa shape index (κ1) is 18.2. The number of benzene rings is 2. The molecule has 2 N–H and O–H groups in total. The van der Waals surface area contributed by atoms with Crippen molar-refractivity contribution >= 4 is 33.4 Å². The third-order valence-corrected chi connectivity index (χ3v) is 4.10. The van der Waals surface area contributed by atoms with Crippen LogP contribution in [0.25, 0.3) is 0 Å². The third-order valence-electron chi connectivity index (χ3n) is 3.44. The van der Waals surface area contributed by atoms with E-state index < -0.39 is 11.8 Å². The normalized spacial score (nSPS) is 10.3. The number of hydrogen-bond acceptors (Lipinski definition) is 3. The zero-order valence-electron chi connectivity index (χ0n) is 13.3. The first-order valence-corrected chi connectivity index (χ1v) is 8.31. The van der Waals surface area contributed by atoms with Gasteiger partial charge in [-0.3, -0.25) is 9.59 Å². The van der Waals surface area contributed by atoms with Crippen LogP contribution in [0.15, 0.2) is 53.0 Å². The zero-order chi connectivity index (χ0) is 17.5. The SMILES string of the molecule is Cc1ccc(NC(=O)C(=O)N(CCO)Cc2ccccc2)c(Br)c1. The Balaban J connectivity index is 2.09. The van der Waals surface area contributed by atoms with Gasteiger partial charge in [0.15, 0.2) is 0 Å². The summed E-state index contributed by atoms with van der Waals surface area (Å²) in [6.07, 6.45) is 0. The number of hydrogen-bond donors (Lipinski definition) is 2. The molecule has 24 heavy (non-hydrogen) atoms. The van der Waals surface area contributed by atoms with Crippen molar-refractivity contribution in [2.45, 2.75) is 13.5 Å². The van der Waals surface area contributed by atoms with Gasteiger partial charge in [-0.2, -0.15) is 0 Å². The molecular weight excluding hydrogens is 372 g/mol. The second-order valence-electron chi connectivity index (χ2n) is 5.37. The van der Waals surface area contributed by atoms with Crippen molar-refractivity contribution in [1.29, 1.82) is 0 Å². The molecular formula is C18H19BrN2O3. The molecule has 2 rings (SSSR count). The molecule has 6 heteroatoms. The van der Waals surface area contributed by atoms with E-state index in [-0.39, 0.29) is 19.7 Å². The fourth-order valence-corrected chi connectivity index (χ4v) is 2.81. The standard InChI is InChI=1S/C18H19BrN2O3/c1-13-7-8-16(15(19)11-13)20-17(23)18(24)21(9-10-22)12-14-5-3-2-4-6-14/h2-8,11,22H,9-10,12H2,1H3,(H,20,23). The molecule has 0 heterocycles. The summed E-state index contributed by atoms with van der Waals surface area (Å²) in [4.78, 5) is 26.0. The number of halogens is 1. The molecule has 0 atom stereocenters. The Morgan fingerprint density at radius 3 is 2.50 bits per heavy atom. The van der Waals surface area contributed by atoms with E-state index in [1.165, 1.54) is 4.90 Å². The summed E-state index contributed by atoms with van der Waals surface area (Å²) in [5.41, 5.74) is 2.46. The van der Waals surface area contributed by atoms with Crippen LogP contribution >= 0.6 is 15.9 Å². The van der Waals surface area contributed by atoms with Gasteiger partial charge in [0.25, 0.3) is 0 Å². The minimum Gasteiger partial charge on any atom is -0.395 e. The summed E-state index contributed by atoms with van der Waals surface area (Å²) in [5.74, 6) is -1.41. The molecule has 0 bridgehead atoms. The average Bonchev–Trinajstić information content (AvgIpc) is 2.57. The van der Waals surface area contributed by atoms with E-state index in [1.807, 2.05) is 49.4 Å². The molecule has 0 saturated carbocycles. The van der Waals surface area contributed by atoms with Crippen molar-refractivity contribution in [3.63, 3.8) is 0 Å². The highest BCUT2D eigenvalue weighted by Crippen LogP contribution is 2.23. The molecule has 2 aromatic rings. The molecule has 2 aromatic carbocycles. The van der Waals surface area contributed by atoms with Gasteiger partial charge >= 0.3 is 11.8 Å². The number of aliphatic hydroxyl groups is 1. The van der Waals surface area contributed by atoms with Crippen molar-refractivity contribution in [3.8, 4) is 0 Å². The highest BCUT2D eigenvalue weighted by atomic mass is 79.9. The van der Waals surface area contributed by atoms with E-state index in [4.69, 9.17) is 0 Å². The van der Waals surface area contributed by atoms with Gasteiger partial charge in [-0.15, -0.1) is 0 Å². The molecule has 0 aromatic heterocycles. The van der Waals surface area contributed by atoms with Gasteiger partial charge in [0.1, 0.15) is 0 Å². The van der Waals surface area contributed by atoms with Crippen LogP contribution in [0.1, 0.15) is 11.1 Å². The minimum absolute atomic E-state index is 0.0935. The summed E-state index contributed by atoms with van der Waals surface area (Å²) in [6.45, 7) is 2.09. The maximum Gasteiger partial charge on any atom is 0.313 e. The minimum atomic E-state index is -0.732. The second-order valence-corrected chi connectivity index (χ2v) is 6.23. The van der Waals surface area contributed by atoms with E-state index in [0.29, 0.717) is 10.2 Å². The number of carbonyl (C=O) groups excluding carboxylic acids is 2. The first-order valence-electron chi connectivity index (χ1n) is 7.52. The lowest BCUT2D eigenvalue weighted by atomic mass is 10.2. The number of rotatable bonds is 5. The molecule has 0 unspecified atom stereocenters. The molecule has 0 aliphatic rings. The Hall–Kier alpha value is -2.18. The maximum atomic E-state index is 12.4. The molecule has 0 saturated heterocycles. The van der Waals surface area contributed by atoms with Crippen LogP contribution in [0.4, 0.5) is 5.69 Å². The van der Waals surface area contributed by atoms with Crippen LogP contribution in [-0.4, -0.2) is 35.0 Å². The van der Waals surface area contributed by atoms with Gasteiger partial charge < -0.3 is 15.3 Å². The van der Waals surface area contributed by atoms with Crippen molar-refractivity contribution in [1.82, 2.24) is 4.90 Å². The Morgan fingerprint density at radius 2 is 1.88 bits per heavy atom. The monoisotopic (exact) mass is 390 g/mol. The topological polar surface area (TPSA) is 69.6 Å². The summed E-state index contributed by atoms with van der Waals surface area (Å²) in [5, 5.41) is 11.8. The van der Waals surface area contributed by atoms with Crippen molar-refractivity contribution in [2.24, 2.45) is 0 Å². The lowest BCUT2D eigenvalue weighted by molar-refractivity contribution is -0.143. The fourth-order valence-electron chi connectivity index (χ4n) is 2.22. The number of anilines is 1. The van der Waals surface area contributed by atoms with Gasteiger partial charge in [-0.1, -0.05) is 36.4 Å². The van der Waals surface area contributed by atoms with Crippen LogP contribution < -0.4 is 5.32 Å². The van der Waals surface area contributed by atoms with Gasteiger partial charge in [0.2, 0.25) is 0 Å². The van der Waals surface area contributed by atoms with Crippen LogP contribution in [0.2, 0.25) is 0 Å². The van der Waals surface area contributed by atoms with Crippen LogP contribution in [-0.2, 0) is 16.1 Å².